The molecule has 9 nitrogen and oxygen atoms in total. The van der Waals surface area contributed by atoms with Crippen molar-refractivity contribution in [1.82, 2.24) is 20.4 Å². The second-order valence-electron chi connectivity index (χ2n) is 5.13. The highest BCUT2D eigenvalue weighted by atomic mass is 35.5. The number of ether oxygens (including phenoxy) is 1. The highest BCUT2D eigenvalue weighted by Crippen LogP contribution is 2.28. The fraction of sp³-hybridized carbons (Fsp3) is 0.200. The molecule has 2 heterocycles. The van der Waals surface area contributed by atoms with Crippen LogP contribution in [0.15, 0.2) is 22.5 Å². The molecule has 2 amide bonds. The number of benzene rings is 1. The molecule has 0 bridgehead atoms. The van der Waals surface area contributed by atoms with Crippen molar-refractivity contribution in [3.8, 4) is 5.75 Å². The molecule has 1 aromatic carbocycles. The normalized spacial score (nSPS) is 10.5. The van der Waals surface area contributed by atoms with Gasteiger partial charge in [0.1, 0.15) is 10.8 Å². The molecular formula is C15H13ClN6O3S3. The van der Waals surface area contributed by atoms with E-state index in [9.17, 15) is 9.59 Å². The zero-order valence-corrected chi connectivity index (χ0v) is 17.8. The molecule has 13 heteroatoms. The van der Waals surface area contributed by atoms with Crippen molar-refractivity contribution in [2.75, 3.05) is 23.5 Å². The van der Waals surface area contributed by atoms with Crippen molar-refractivity contribution in [3.05, 3.63) is 33.8 Å². The first-order valence-corrected chi connectivity index (χ1v) is 10.7. The molecule has 0 saturated carbocycles. The summed E-state index contributed by atoms with van der Waals surface area (Å²) in [5.41, 5.74) is 0.283. The minimum Gasteiger partial charge on any atom is -0.496 e. The third-order valence-electron chi connectivity index (χ3n) is 3.13. The number of aryl methyl sites for hydroxylation is 1. The first kappa shape index (κ1) is 20.5. The first-order chi connectivity index (χ1) is 13.4. The Bertz CT molecular complexity index is 1010. The quantitative estimate of drug-likeness (QED) is 0.410. The SMILES string of the molecule is COc1ccc(Cl)cc1C(=O)Nc1nnc(SCC(=O)Nc2nnc(C)s2)s1. The molecule has 0 spiro atoms. The van der Waals surface area contributed by atoms with Gasteiger partial charge in [-0.3, -0.25) is 20.2 Å². The van der Waals surface area contributed by atoms with E-state index in [1.54, 1.807) is 19.1 Å². The molecular weight excluding hydrogens is 444 g/mol. The number of thioether (sulfide) groups is 1. The lowest BCUT2D eigenvalue weighted by Gasteiger charge is -2.07. The number of nitrogens with one attached hydrogen (secondary N) is 2. The molecule has 0 aliphatic rings. The summed E-state index contributed by atoms with van der Waals surface area (Å²) in [4.78, 5) is 24.4. The summed E-state index contributed by atoms with van der Waals surface area (Å²) >= 11 is 9.60. The van der Waals surface area contributed by atoms with E-state index in [1.165, 1.54) is 36.3 Å². The third kappa shape index (κ3) is 5.38. The van der Waals surface area contributed by atoms with Gasteiger partial charge in [0.2, 0.25) is 16.2 Å². The number of hydrogen-bond donors (Lipinski definition) is 2. The Labute approximate surface area is 176 Å². The van der Waals surface area contributed by atoms with Gasteiger partial charge in [-0.05, 0) is 25.1 Å². The van der Waals surface area contributed by atoms with Gasteiger partial charge in [0.25, 0.3) is 5.91 Å². The minimum absolute atomic E-state index is 0.128. The largest absolute Gasteiger partial charge is 0.496 e. The summed E-state index contributed by atoms with van der Waals surface area (Å²) in [5, 5.41) is 22.8. The molecule has 3 rings (SSSR count). The Morgan fingerprint density at radius 1 is 1.14 bits per heavy atom. The fourth-order valence-corrected chi connectivity index (χ4v) is 4.30. The maximum atomic E-state index is 12.4. The van der Waals surface area contributed by atoms with Gasteiger partial charge in [-0.1, -0.05) is 46.0 Å². The number of methoxy groups -OCH3 is 1. The molecule has 146 valence electrons. The van der Waals surface area contributed by atoms with Crippen LogP contribution in [-0.4, -0.2) is 45.1 Å². The Hall–Kier alpha value is -2.28. The lowest BCUT2D eigenvalue weighted by atomic mass is 10.2. The van der Waals surface area contributed by atoms with Crippen LogP contribution in [0.4, 0.5) is 10.3 Å². The Morgan fingerprint density at radius 3 is 2.61 bits per heavy atom. The van der Waals surface area contributed by atoms with E-state index in [1.807, 2.05) is 0 Å². The highest BCUT2D eigenvalue weighted by molar-refractivity contribution is 8.01. The zero-order valence-electron chi connectivity index (χ0n) is 14.6. The number of carbonyl (C=O) groups excluding carboxylic acids is 2. The maximum Gasteiger partial charge on any atom is 0.261 e. The van der Waals surface area contributed by atoms with Crippen molar-refractivity contribution in [2.24, 2.45) is 0 Å². The monoisotopic (exact) mass is 456 g/mol. The van der Waals surface area contributed by atoms with Gasteiger partial charge in [0, 0.05) is 5.02 Å². The molecule has 2 N–H and O–H groups in total. The Morgan fingerprint density at radius 2 is 1.89 bits per heavy atom. The van der Waals surface area contributed by atoms with E-state index in [2.05, 4.69) is 31.0 Å². The van der Waals surface area contributed by atoms with Crippen LogP contribution < -0.4 is 15.4 Å². The summed E-state index contributed by atoms with van der Waals surface area (Å²) in [6.07, 6.45) is 0. The lowest BCUT2D eigenvalue weighted by molar-refractivity contribution is -0.113. The van der Waals surface area contributed by atoms with E-state index in [4.69, 9.17) is 16.3 Å². The number of nitrogens with zero attached hydrogens (tertiary/aromatic N) is 4. The minimum atomic E-state index is -0.420. The molecule has 0 aliphatic carbocycles. The van der Waals surface area contributed by atoms with Crippen molar-refractivity contribution in [2.45, 2.75) is 11.3 Å². The van der Waals surface area contributed by atoms with Crippen LogP contribution in [-0.2, 0) is 4.79 Å². The first-order valence-electron chi connectivity index (χ1n) is 7.65. The molecule has 3 aromatic rings. The van der Waals surface area contributed by atoms with E-state index < -0.39 is 5.91 Å². The summed E-state index contributed by atoms with van der Waals surface area (Å²) in [6, 6.07) is 4.74. The molecule has 0 radical (unpaired) electrons. The van der Waals surface area contributed by atoms with Crippen molar-refractivity contribution in [1.29, 1.82) is 0 Å². The molecule has 0 atom stereocenters. The van der Waals surface area contributed by atoms with Gasteiger partial charge in [-0.25, -0.2) is 0 Å². The number of amides is 2. The van der Waals surface area contributed by atoms with Crippen LogP contribution in [0.1, 0.15) is 15.4 Å². The van der Waals surface area contributed by atoms with Crippen LogP contribution in [0, 0.1) is 6.92 Å². The van der Waals surface area contributed by atoms with Crippen LogP contribution in [0.25, 0.3) is 0 Å². The van der Waals surface area contributed by atoms with E-state index in [-0.39, 0.29) is 17.2 Å². The molecule has 0 aliphatic heterocycles. The predicted molar refractivity (Wildman–Crippen MR) is 110 cm³/mol. The standard InChI is InChI=1S/C15H13ClN6O3S3/c1-7-19-20-13(27-7)17-11(23)6-26-15-22-21-14(28-15)18-12(24)9-5-8(16)3-4-10(9)25-2/h3-5H,6H2,1-2H3,(H,17,20,23)(H,18,21,24). The van der Waals surface area contributed by atoms with Crippen molar-refractivity contribution >= 4 is 68.1 Å². The second kappa shape index (κ2) is 9.28. The average molecular weight is 457 g/mol. The number of aromatic nitrogens is 4. The van der Waals surface area contributed by atoms with Gasteiger partial charge in [-0.2, -0.15) is 0 Å². The lowest BCUT2D eigenvalue weighted by Crippen LogP contribution is -2.13. The van der Waals surface area contributed by atoms with Crippen LogP contribution in [0.5, 0.6) is 5.75 Å². The van der Waals surface area contributed by atoms with Crippen molar-refractivity contribution < 1.29 is 14.3 Å². The number of hydrogen-bond acceptors (Lipinski definition) is 10. The van der Waals surface area contributed by atoms with E-state index in [0.717, 1.165) is 16.3 Å². The molecule has 28 heavy (non-hydrogen) atoms. The topological polar surface area (TPSA) is 119 Å². The molecule has 0 saturated heterocycles. The number of carbonyl (C=O) groups is 2. The number of halogens is 1. The Balaban J connectivity index is 1.56. The van der Waals surface area contributed by atoms with E-state index >= 15 is 0 Å². The van der Waals surface area contributed by atoms with Gasteiger partial charge < -0.3 is 4.74 Å². The maximum absolute atomic E-state index is 12.4. The van der Waals surface area contributed by atoms with Crippen LogP contribution in [0.3, 0.4) is 0 Å². The summed E-state index contributed by atoms with van der Waals surface area (Å²) in [6.45, 7) is 1.80. The van der Waals surface area contributed by atoms with E-state index in [0.29, 0.717) is 25.4 Å². The van der Waals surface area contributed by atoms with Gasteiger partial charge in [0.05, 0.1) is 18.4 Å². The van der Waals surface area contributed by atoms with Crippen LogP contribution in [0.2, 0.25) is 5.02 Å². The predicted octanol–water partition coefficient (Wildman–Crippen LogP) is 3.34. The van der Waals surface area contributed by atoms with Gasteiger partial charge >= 0.3 is 0 Å². The number of rotatable bonds is 7. The fourth-order valence-electron chi connectivity index (χ4n) is 1.97. The Kier molecular flexibility index (Phi) is 6.78. The number of anilines is 2. The average Bonchev–Trinajstić information content (AvgIpc) is 3.28. The third-order valence-corrected chi connectivity index (χ3v) is 6.09. The molecule has 0 fully saturated rings. The summed E-state index contributed by atoms with van der Waals surface area (Å²) in [7, 11) is 1.47. The molecule has 2 aromatic heterocycles. The van der Waals surface area contributed by atoms with Crippen LogP contribution >= 0.6 is 46.0 Å². The van der Waals surface area contributed by atoms with Gasteiger partial charge in [0.15, 0.2) is 4.34 Å². The highest BCUT2D eigenvalue weighted by Gasteiger charge is 2.16. The second-order valence-corrected chi connectivity index (χ2v) is 8.95. The van der Waals surface area contributed by atoms with Gasteiger partial charge in [-0.15, -0.1) is 20.4 Å². The van der Waals surface area contributed by atoms with Crippen molar-refractivity contribution in [3.63, 3.8) is 0 Å². The summed E-state index contributed by atoms with van der Waals surface area (Å²) in [5.74, 6) is -0.129. The summed E-state index contributed by atoms with van der Waals surface area (Å²) < 4.78 is 5.71. The smallest absolute Gasteiger partial charge is 0.261 e. The zero-order chi connectivity index (χ0) is 20.1. The molecule has 0 unspecified atom stereocenters.